The monoisotopic (exact) mass is 210 g/mol. The highest BCUT2D eigenvalue weighted by molar-refractivity contribution is 5.90. The van der Waals surface area contributed by atoms with E-state index in [1.165, 1.54) is 0 Å². The maximum atomic E-state index is 11.3. The summed E-state index contributed by atoms with van der Waals surface area (Å²) in [5.74, 6) is -0.293. The number of rotatable bonds is 8. The summed E-state index contributed by atoms with van der Waals surface area (Å²) in [6.45, 7) is 8.38. The highest BCUT2D eigenvalue weighted by Gasteiger charge is 2.03. The number of ether oxygens (including phenoxy) is 1. The van der Waals surface area contributed by atoms with Crippen molar-refractivity contribution in [2.24, 2.45) is 0 Å². The topological polar surface area (TPSA) is 26.3 Å². The van der Waals surface area contributed by atoms with E-state index in [1.807, 2.05) is 6.08 Å². The van der Waals surface area contributed by atoms with Crippen molar-refractivity contribution >= 4 is 5.97 Å². The highest BCUT2D eigenvalue weighted by Crippen LogP contribution is 2.01. The molecule has 0 heterocycles. The molecule has 15 heavy (non-hydrogen) atoms. The van der Waals surface area contributed by atoms with Gasteiger partial charge in [-0.3, -0.25) is 0 Å². The lowest BCUT2D eigenvalue weighted by molar-refractivity contribution is -0.138. The van der Waals surface area contributed by atoms with Crippen molar-refractivity contribution in [2.45, 2.75) is 46.0 Å². The van der Waals surface area contributed by atoms with Crippen molar-refractivity contribution in [3.05, 3.63) is 24.3 Å². The fraction of sp³-hybridized carbons (Fsp3) is 0.615. The molecule has 0 aromatic carbocycles. The maximum absolute atomic E-state index is 11.3. The van der Waals surface area contributed by atoms with Crippen LogP contribution in [-0.2, 0) is 9.53 Å². The van der Waals surface area contributed by atoms with Gasteiger partial charge in [-0.25, -0.2) is 4.79 Å². The van der Waals surface area contributed by atoms with E-state index in [9.17, 15) is 4.79 Å². The van der Waals surface area contributed by atoms with Crippen LogP contribution < -0.4 is 0 Å². The zero-order valence-corrected chi connectivity index (χ0v) is 9.92. The van der Waals surface area contributed by atoms with Crippen LogP contribution in [0.25, 0.3) is 0 Å². The molecule has 0 aromatic rings. The molecule has 0 fully saturated rings. The second-order valence-electron chi connectivity index (χ2n) is 3.56. The van der Waals surface area contributed by atoms with E-state index in [1.54, 1.807) is 6.08 Å². The normalized spacial score (nSPS) is 10.5. The fourth-order valence-corrected chi connectivity index (χ4v) is 1.07. The van der Waals surface area contributed by atoms with Crippen molar-refractivity contribution in [1.82, 2.24) is 0 Å². The molecule has 0 radical (unpaired) electrons. The molecule has 0 bridgehead atoms. The molecule has 0 saturated carbocycles. The Morgan fingerprint density at radius 2 is 2.00 bits per heavy atom. The van der Waals surface area contributed by atoms with Crippen molar-refractivity contribution in [1.29, 1.82) is 0 Å². The molecule has 2 heteroatoms. The number of esters is 1. The summed E-state index contributed by atoms with van der Waals surface area (Å²) < 4.78 is 5.05. The van der Waals surface area contributed by atoms with E-state index < -0.39 is 0 Å². The first kappa shape index (κ1) is 13.9. The van der Waals surface area contributed by atoms with Crippen LogP contribution in [0.15, 0.2) is 24.3 Å². The first-order valence-electron chi connectivity index (χ1n) is 5.74. The van der Waals surface area contributed by atoms with E-state index in [4.69, 9.17) is 4.74 Å². The Kier molecular flexibility index (Phi) is 8.84. The van der Waals surface area contributed by atoms with E-state index in [0.29, 0.717) is 12.2 Å². The molecule has 0 N–H and O–H groups in total. The highest BCUT2D eigenvalue weighted by atomic mass is 16.5. The van der Waals surface area contributed by atoms with Gasteiger partial charge in [0.2, 0.25) is 0 Å². The third-order valence-electron chi connectivity index (χ3n) is 2.02. The van der Waals surface area contributed by atoms with Crippen LogP contribution in [0.1, 0.15) is 46.0 Å². The molecule has 0 aromatic heterocycles. The Balaban J connectivity index is 3.65. The molecule has 0 amide bonds. The Morgan fingerprint density at radius 1 is 1.27 bits per heavy atom. The number of hydrogen-bond donors (Lipinski definition) is 0. The van der Waals surface area contributed by atoms with Crippen molar-refractivity contribution < 1.29 is 9.53 Å². The minimum atomic E-state index is -0.293. The smallest absolute Gasteiger partial charge is 0.337 e. The molecule has 2 nitrogen and oxygen atoms in total. The number of allylic oxidation sites excluding steroid dienone is 1. The summed E-state index contributed by atoms with van der Waals surface area (Å²) in [7, 11) is 0. The molecule has 0 atom stereocenters. The average Bonchev–Trinajstić information content (AvgIpc) is 2.24. The number of unbranched alkanes of at least 4 members (excludes halogenated alkanes) is 3. The van der Waals surface area contributed by atoms with E-state index >= 15 is 0 Å². The largest absolute Gasteiger partial charge is 0.462 e. The maximum Gasteiger partial charge on any atom is 0.337 e. The molecular formula is C13H22O2. The number of carbonyl (C=O) groups is 1. The summed E-state index contributed by atoms with van der Waals surface area (Å²) in [5.41, 5.74) is 0.444. The third-order valence-corrected chi connectivity index (χ3v) is 2.02. The summed E-state index contributed by atoms with van der Waals surface area (Å²) in [6.07, 6.45) is 8.92. The quantitative estimate of drug-likeness (QED) is 0.265. The van der Waals surface area contributed by atoms with Gasteiger partial charge in [0.15, 0.2) is 0 Å². The van der Waals surface area contributed by atoms with Crippen LogP contribution in [-0.4, -0.2) is 12.6 Å². The van der Waals surface area contributed by atoms with Gasteiger partial charge in [-0.05, 0) is 12.8 Å². The summed E-state index contributed by atoms with van der Waals surface area (Å²) in [6, 6.07) is 0. The molecule has 86 valence electrons. The molecule has 0 unspecified atom stereocenters. The fourth-order valence-electron chi connectivity index (χ4n) is 1.07. The van der Waals surface area contributed by atoms with Gasteiger partial charge in [0.25, 0.3) is 0 Å². The number of carbonyl (C=O) groups excluding carboxylic acids is 1. The molecule has 0 aliphatic carbocycles. The van der Waals surface area contributed by atoms with E-state index in [2.05, 4.69) is 20.4 Å². The molecule has 0 spiro atoms. The second-order valence-corrected chi connectivity index (χ2v) is 3.56. The van der Waals surface area contributed by atoms with Crippen molar-refractivity contribution in [3.8, 4) is 0 Å². The predicted octanol–water partition coefficient (Wildman–Crippen LogP) is 3.63. The zero-order chi connectivity index (χ0) is 11.5. The first-order valence-corrected chi connectivity index (χ1v) is 5.74. The number of hydrogen-bond acceptors (Lipinski definition) is 2. The van der Waals surface area contributed by atoms with Crippen LogP contribution in [0.3, 0.4) is 0 Å². The Hall–Kier alpha value is -1.05. The van der Waals surface area contributed by atoms with Crippen LogP contribution >= 0.6 is 0 Å². The minimum absolute atomic E-state index is 0.293. The molecule has 0 aliphatic rings. The molecule has 0 aliphatic heterocycles. The van der Waals surface area contributed by atoms with Crippen LogP contribution in [0, 0.1) is 0 Å². The van der Waals surface area contributed by atoms with Crippen LogP contribution in [0.5, 0.6) is 0 Å². The van der Waals surface area contributed by atoms with Gasteiger partial charge >= 0.3 is 5.97 Å². The summed E-state index contributed by atoms with van der Waals surface area (Å²) in [5, 5.41) is 0. The van der Waals surface area contributed by atoms with Crippen molar-refractivity contribution in [3.63, 3.8) is 0 Å². The average molecular weight is 210 g/mol. The SMILES string of the molecule is C=C(C=CCCC)C(=O)OCCCCC. The first-order chi connectivity index (χ1) is 7.22. The summed E-state index contributed by atoms with van der Waals surface area (Å²) in [4.78, 5) is 11.3. The van der Waals surface area contributed by atoms with Gasteiger partial charge in [-0.2, -0.15) is 0 Å². The van der Waals surface area contributed by atoms with Gasteiger partial charge in [-0.1, -0.05) is 51.8 Å². The van der Waals surface area contributed by atoms with Crippen molar-refractivity contribution in [2.75, 3.05) is 6.61 Å². The second kappa shape index (κ2) is 9.50. The van der Waals surface area contributed by atoms with Crippen LogP contribution in [0.2, 0.25) is 0 Å². The lowest BCUT2D eigenvalue weighted by Gasteiger charge is -2.03. The lowest BCUT2D eigenvalue weighted by atomic mass is 10.2. The predicted molar refractivity (Wildman–Crippen MR) is 63.7 cm³/mol. The minimum Gasteiger partial charge on any atom is -0.462 e. The Bertz CT molecular complexity index is 217. The third kappa shape index (κ3) is 7.98. The molecule has 0 rings (SSSR count). The zero-order valence-electron chi connectivity index (χ0n) is 9.92. The van der Waals surface area contributed by atoms with Gasteiger partial charge in [-0.15, -0.1) is 0 Å². The van der Waals surface area contributed by atoms with E-state index in [0.717, 1.165) is 32.1 Å². The Morgan fingerprint density at radius 3 is 2.60 bits per heavy atom. The van der Waals surface area contributed by atoms with E-state index in [-0.39, 0.29) is 5.97 Å². The molecular weight excluding hydrogens is 188 g/mol. The van der Waals surface area contributed by atoms with Gasteiger partial charge in [0, 0.05) is 0 Å². The Labute approximate surface area is 93.0 Å². The summed E-state index contributed by atoms with van der Waals surface area (Å²) >= 11 is 0. The standard InChI is InChI=1S/C13H22O2/c1-4-6-8-10-12(3)13(14)15-11-9-7-5-2/h8,10H,3-7,9,11H2,1-2H3. The molecule has 0 saturated heterocycles. The van der Waals surface area contributed by atoms with Gasteiger partial charge < -0.3 is 4.74 Å². The van der Waals surface area contributed by atoms with Gasteiger partial charge in [0.05, 0.1) is 12.2 Å². The lowest BCUT2D eigenvalue weighted by Crippen LogP contribution is -2.06. The van der Waals surface area contributed by atoms with Crippen LogP contribution in [0.4, 0.5) is 0 Å². The van der Waals surface area contributed by atoms with Gasteiger partial charge in [0.1, 0.15) is 0 Å².